The van der Waals surface area contributed by atoms with Crippen molar-refractivity contribution in [1.29, 1.82) is 0 Å². The van der Waals surface area contributed by atoms with Gasteiger partial charge in [0.1, 0.15) is 5.76 Å². The number of anilines is 1. The molecule has 3 heterocycles. The van der Waals surface area contributed by atoms with E-state index >= 15 is 0 Å². The molecule has 2 amide bonds. The van der Waals surface area contributed by atoms with E-state index in [-0.39, 0.29) is 23.9 Å². The summed E-state index contributed by atoms with van der Waals surface area (Å²) in [6.07, 6.45) is 2.36. The first kappa shape index (κ1) is 16.3. The number of likely N-dealkylation sites (tertiary alicyclic amines) is 1. The van der Waals surface area contributed by atoms with Crippen LogP contribution >= 0.6 is 0 Å². The first-order valence-electron chi connectivity index (χ1n) is 8.42. The summed E-state index contributed by atoms with van der Waals surface area (Å²) in [5, 5.41) is 11.0. The second-order valence-corrected chi connectivity index (χ2v) is 6.56. The van der Waals surface area contributed by atoms with E-state index < -0.39 is 10.8 Å². The minimum absolute atomic E-state index is 0.0367. The molecule has 8 nitrogen and oxygen atoms in total. The molecule has 1 atom stereocenters. The van der Waals surface area contributed by atoms with Gasteiger partial charge < -0.3 is 14.2 Å². The van der Waals surface area contributed by atoms with Crippen molar-refractivity contribution in [2.24, 2.45) is 5.92 Å². The van der Waals surface area contributed by atoms with Gasteiger partial charge in [-0.15, -0.1) is 0 Å². The fraction of sp³-hybridized carbons (Fsp3) is 0.333. The number of hydrogen-bond donors (Lipinski definition) is 0. The van der Waals surface area contributed by atoms with E-state index in [9.17, 15) is 19.7 Å². The molecule has 1 saturated heterocycles. The topological polar surface area (TPSA) is 96.9 Å². The van der Waals surface area contributed by atoms with Gasteiger partial charge in [-0.2, -0.15) is 0 Å². The molecule has 4 rings (SSSR count). The molecule has 0 N–H and O–H groups in total. The van der Waals surface area contributed by atoms with Crippen molar-refractivity contribution < 1.29 is 18.9 Å². The molecular formula is C18H17N3O5. The van der Waals surface area contributed by atoms with Crippen molar-refractivity contribution in [2.75, 3.05) is 18.0 Å². The third kappa shape index (κ3) is 2.83. The number of fused-ring (bicyclic) bond motifs is 1. The predicted octanol–water partition coefficient (Wildman–Crippen LogP) is 2.13. The quantitative estimate of drug-likeness (QED) is 0.618. The lowest BCUT2D eigenvalue weighted by Crippen LogP contribution is -2.36. The Morgan fingerprint density at radius 1 is 1.35 bits per heavy atom. The summed E-state index contributed by atoms with van der Waals surface area (Å²) in [6, 6.07) is 8.14. The Balaban J connectivity index is 1.50. The first-order chi connectivity index (χ1) is 12.5. The Bertz CT molecular complexity index is 877. The minimum Gasteiger partial charge on any atom is -0.467 e. The molecule has 0 spiro atoms. The van der Waals surface area contributed by atoms with Gasteiger partial charge in [0.05, 0.1) is 29.3 Å². The van der Waals surface area contributed by atoms with Gasteiger partial charge >= 0.3 is 0 Å². The number of benzene rings is 1. The van der Waals surface area contributed by atoms with Gasteiger partial charge in [-0.3, -0.25) is 19.7 Å². The Kier molecular flexibility index (Phi) is 3.95. The number of nitro benzene ring substituents is 1. The number of amides is 2. The van der Waals surface area contributed by atoms with Crippen molar-refractivity contribution in [3.8, 4) is 0 Å². The first-order valence-corrected chi connectivity index (χ1v) is 8.42. The fourth-order valence-electron chi connectivity index (χ4n) is 3.61. The highest BCUT2D eigenvalue weighted by molar-refractivity contribution is 6.00. The smallest absolute Gasteiger partial charge is 0.271 e. The molecular weight excluding hydrogens is 338 g/mol. The van der Waals surface area contributed by atoms with Gasteiger partial charge in [-0.1, -0.05) is 6.07 Å². The number of carbonyl (C=O) groups is 2. The van der Waals surface area contributed by atoms with Crippen LogP contribution in [0.25, 0.3) is 0 Å². The molecule has 1 unspecified atom stereocenters. The largest absolute Gasteiger partial charge is 0.467 e. The van der Waals surface area contributed by atoms with Gasteiger partial charge in [0, 0.05) is 31.6 Å². The molecule has 0 radical (unpaired) electrons. The van der Waals surface area contributed by atoms with Crippen LogP contribution in [0.5, 0.6) is 0 Å². The summed E-state index contributed by atoms with van der Waals surface area (Å²) in [5.74, 6) is -0.00554. The Hall–Kier alpha value is -3.16. The lowest BCUT2D eigenvalue weighted by atomic mass is 10.1. The average Bonchev–Trinajstić information content (AvgIpc) is 3.35. The maximum atomic E-state index is 12.9. The Labute approximate surface area is 149 Å². The van der Waals surface area contributed by atoms with Crippen molar-refractivity contribution >= 4 is 23.2 Å². The number of non-ortho nitro benzene ring substituents is 1. The molecule has 2 aliphatic rings. The van der Waals surface area contributed by atoms with Crippen LogP contribution in [0.3, 0.4) is 0 Å². The molecule has 0 bridgehead atoms. The van der Waals surface area contributed by atoms with E-state index in [2.05, 4.69) is 0 Å². The molecule has 134 valence electrons. The molecule has 1 aromatic carbocycles. The van der Waals surface area contributed by atoms with Gasteiger partial charge in [0.25, 0.3) is 5.69 Å². The van der Waals surface area contributed by atoms with Crippen molar-refractivity contribution in [1.82, 2.24) is 4.90 Å². The van der Waals surface area contributed by atoms with Crippen molar-refractivity contribution in [3.63, 3.8) is 0 Å². The van der Waals surface area contributed by atoms with Crippen LogP contribution in [0.4, 0.5) is 11.4 Å². The van der Waals surface area contributed by atoms with Crippen molar-refractivity contribution in [3.05, 3.63) is 58.0 Å². The third-order valence-corrected chi connectivity index (χ3v) is 4.93. The van der Waals surface area contributed by atoms with Crippen LogP contribution in [0.2, 0.25) is 0 Å². The summed E-state index contributed by atoms with van der Waals surface area (Å²) in [7, 11) is 0. The Morgan fingerprint density at radius 2 is 2.19 bits per heavy atom. The molecule has 8 heteroatoms. The van der Waals surface area contributed by atoms with Crippen LogP contribution < -0.4 is 4.90 Å². The monoisotopic (exact) mass is 355 g/mol. The summed E-state index contributed by atoms with van der Waals surface area (Å²) >= 11 is 0. The molecule has 1 fully saturated rings. The number of carbonyl (C=O) groups excluding carboxylic acids is 2. The van der Waals surface area contributed by atoms with E-state index in [0.29, 0.717) is 37.5 Å². The second kappa shape index (κ2) is 6.29. The normalized spacial score (nSPS) is 19.1. The highest BCUT2D eigenvalue weighted by atomic mass is 16.6. The van der Waals surface area contributed by atoms with Gasteiger partial charge in [-0.25, -0.2) is 0 Å². The fourth-order valence-corrected chi connectivity index (χ4v) is 3.61. The maximum absolute atomic E-state index is 12.9. The maximum Gasteiger partial charge on any atom is 0.271 e. The average molecular weight is 355 g/mol. The highest BCUT2D eigenvalue weighted by Gasteiger charge is 2.39. The van der Waals surface area contributed by atoms with Gasteiger partial charge in [0.15, 0.2) is 0 Å². The van der Waals surface area contributed by atoms with E-state index in [1.807, 2.05) is 0 Å². The van der Waals surface area contributed by atoms with Gasteiger partial charge in [-0.05, 0) is 24.1 Å². The lowest BCUT2D eigenvalue weighted by Gasteiger charge is -2.21. The summed E-state index contributed by atoms with van der Waals surface area (Å²) in [5.41, 5.74) is 1.47. The zero-order chi connectivity index (χ0) is 18.3. The molecule has 0 saturated carbocycles. The minimum atomic E-state index is -0.467. The van der Waals surface area contributed by atoms with E-state index in [1.165, 1.54) is 12.1 Å². The molecule has 26 heavy (non-hydrogen) atoms. The number of furan rings is 1. The van der Waals surface area contributed by atoms with Crippen LogP contribution in [0.15, 0.2) is 41.0 Å². The van der Waals surface area contributed by atoms with Crippen LogP contribution in [-0.2, 0) is 22.6 Å². The van der Waals surface area contributed by atoms with Gasteiger partial charge in [0.2, 0.25) is 11.8 Å². The standard InChI is InChI=1S/C18H17N3O5/c22-17-8-13(10-19(17)11-15-2-1-7-26-15)18(23)20-6-5-12-3-4-14(21(24)25)9-16(12)20/h1-4,7,9,13H,5-6,8,10-11H2. The molecule has 1 aromatic heterocycles. The van der Waals surface area contributed by atoms with E-state index in [4.69, 9.17) is 4.42 Å². The zero-order valence-corrected chi connectivity index (χ0v) is 14.0. The number of rotatable bonds is 4. The Morgan fingerprint density at radius 3 is 2.92 bits per heavy atom. The van der Waals surface area contributed by atoms with E-state index in [1.54, 1.807) is 34.3 Å². The van der Waals surface area contributed by atoms with Crippen LogP contribution in [-0.4, -0.2) is 34.7 Å². The predicted molar refractivity (Wildman–Crippen MR) is 91.4 cm³/mol. The van der Waals surface area contributed by atoms with Crippen LogP contribution in [0, 0.1) is 16.0 Å². The van der Waals surface area contributed by atoms with Crippen LogP contribution in [0.1, 0.15) is 17.7 Å². The number of nitro groups is 1. The second-order valence-electron chi connectivity index (χ2n) is 6.56. The third-order valence-electron chi connectivity index (χ3n) is 4.93. The molecule has 2 aliphatic heterocycles. The summed E-state index contributed by atoms with van der Waals surface area (Å²) in [6.45, 7) is 1.16. The summed E-state index contributed by atoms with van der Waals surface area (Å²) in [4.78, 5) is 38.9. The SMILES string of the molecule is O=C1CC(C(=O)N2CCc3ccc([N+](=O)[O-])cc32)CN1Cc1ccco1. The van der Waals surface area contributed by atoms with Crippen molar-refractivity contribution in [2.45, 2.75) is 19.4 Å². The van der Waals surface area contributed by atoms with E-state index in [0.717, 1.165) is 5.56 Å². The zero-order valence-electron chi connectivity index (χ0n) is 14.0. The lowest BCUT2D eigenvalue weighted by molar-refractivity contribution is -0.384. The highest BCUT2D eigenvalue weighted by Crippen LogP contribution is 2.34. The number of nitrogens with zero attached hydrogens (tertiary/aromatic N) is 3. The molecule has 2 aromatic rings. The molecule has 0 aliphatic carbocycles. The summed E-state index contributed by atoms with van der Waals surface area (Å²) < 4.78 is 5.27. The number of hydrogen-bond acceptors (Lipinski definition) is 5.